The second-order valence-electron chi connectivity index (χ2n) is 4.08. The maximum absolute atomic E-state index is 11.7. The minimum atomic E-state index is -0.215. The van der Waals surface area contributed by atoms with Crippen LogP contribution in [0.4, 0.5) is 0 Å². The van der Waals surface area contributed by atoms with E-state index in [1.807, 2.05) is 20.8 Å². The molecule has 0 aromatic heterocycles. The van der Waals surface area contributed by atoms with Crippen LogP contribution in [-0.4, -0.2) is 18.7 Å². The summed E-state index contributed by atoms with van der Waals surface area (Å²) in [5, 5.41) is 4.03. The van der Waals surface area contributed by atoms with Gasteiger partial charge in [-0.3, -0.25) is 4.79 Å². The van der Waals surface area contributed by atoms with Crippen molar-refractivity contribution in [2.45, 2.75) is 20.8 Å². The van der Waals surface area contributed by atoms with E-state index in [-0.39, 0.29) is 5.91 Å². The van der Waals surface area contributed by atoms with Crippen LogP contribution < -0.4 is 10.2 Å². The molecule has 4 nitrogen and oxygen atoms in total. The van der Waals surface area contributed by atoms with Gasteiger partial charge in [-0.2, -0.15) is 5.10 Å². The van der Waals surface area contributed by atoms with E-state index >= 15 is 0 Å². The molecule has 17 heavy (non-hydrogen) atoms. The predicted molar refractivity (Wildman–Crippen MR) is 68.4 cm³/mol. The van der Waals surface area contributed by atoms with Crippen molar-refractivity contribution in [3.05, 3.63) is 29.8 Å². The van der Waals surface area contributed by atoms with Crippen LogP contribution in [0.25, 0.3) is 0 Å². The second kappa shape index (κ2) is 6.03. The predicted octanol–water partition coefficient (Wildman–Crippen LogP) is 2.46. The van der Waals surface area contributed by atoms with Gasteiger partial charge in [0.1, 0.15) is 5.75 Å². The maximum atomic E-state index is 11.7. The van der Waals surface area contributed by atoms with E-state index in [4.69, 9.17) is 4.74 Å². The zero-order chi connectivity index (χ0) is 12.8. The first-order valence-corrected chi connectivity index (χ1v) is 5.53. The zero-order valence-corrected chi connectivity index (χ0v) is 10.7. The molecule has 0 heterocycles. The summed E-state index contributed by atoms with van der Waals surface area (Å²) >= 11 is 0. The van der Waals surface area contributed by atoms with Gasteiger partial charge in [0.05, 0.1) is 7.11 Å². The topological polar surface area (TPSA) is 50.7 Å². The van der Waals surface area contributed by atoms with Crippen molar-refractivity contribution in [2.75, 3.05) is 7.11 Å². The highest BCUT2D eigenvalue weighted by atomic mass is 16.5. The summed E-state index contributed by atoms with van der Waals surface area (Å²) in [4.78, 5) is 11.7. The Morgan fingerprint density at radius 2 is 1.88 bits per heavy atom. The fourth-order valence-corrected chi connectivity index (χ4v) is 1.07. The molecule has 0 aliphatic carbocycles. The van der Waals surface area contributed by atoms with Gasteiger partial charge in [0.2, 0.25) is 0 Å². The van der Waals surface area contributed by atoms with Gasteiger partial charge in [0.25, 0.3) is 5.91 Å². The van der Waals surface area contributed by atoms with Crippen LogP contribution >= 0.6 is 0 Å². The molecule has 1 aromatic rings. The molecule has 0 aliphatic heterocycles. The molecule has 1 N–H and O–H groups in total. The maximum Gasteiger partial charge on any atom is 0.271 e. The molecule has 0 fully saturated rings. The molecular formula is C13H18N2O2. The first-order valence-electron chi connectivity index (χ1n) is 5.53. The summed E-state index contributed by atoms with van der Waals surface area (Å²) in [6.07, 6.45) is 0. The number of methoxy groups -OCH3 is 1. The Balaban J connectivity index is 2.67. The Bertz CT molecular complexity index is 408. The fraction of sp³-hybridized carbons (Fsp3) is 0.385. The molecule has 92 valence electrons. The largest absolute Gasteiger partial charge is 0.497 e. The van der Waals surface area contributed by atoms with E-state index in [9.17, 15) is 4.79 Å². The molecule has 4 heteroatoms. The van der Waals surface area contributed by atoms with Gasteiger partial charge in [-0.1, -0.05) is 13.8 Å². The van der Waals surface area contributed by atoms with Crippen molar-refractivity contribution < 1.29 is 9.53 Å². The fourth-order valence-electron chi connectivity index (χ4n) is 1.07. The molecule has 0 saturated carbocycles. The molecule has 1 rings (SSSR count). The van der Waals surface area contributed by atoms with E-state index in [2.05, 4.69) is 10.5 Å². The zero-order valence-electron chi connectivity index (χ0n) is 10.7. The van der Waals surface area contributed by atoms with Crippen molar-refractivity contribution >= 4 is 11.6 Å². The first kappa shape index (κ1) is 13.2. The standard InChI is InChI=1S/C13H18N2O2/c1-9(2)10(3)14-15-13(16)11-5-7-12(17-4)8-6-11/h5-9H,1-4H3,(H,15,16)/b14-10+. The van der Waals surface area contributed by atoms with Gasteiger partial charge >= 0.3 is 0 Å². The summed E-state index contributed by atoms with van der Waals surface area (Å²) in [6.45, 7) is 5.94. The van der Waals surface area contributed by atoms with Crippen LogP contribution in [0.1, 0.15) is 31.1 Å². The highest BCUT2D eigenvalue weighted by molar-refractivity contribution is 5.95. The Kier molecular flexibility index (Phi) is 4.69. The number of carbonyl (C=O) groups excluding carboxylic acids is 1. The van der Waals surface area contributed by atoms with E-state index in [0.29, 0.717) is 11.5 Å². The van der Waals surface area contributed by atoms with Crippen molar-refractivity contribution in [3.63, 3.8) is 0 Å². The number of hydrogen-bond donors (Lipinski definition) is 1. The second-order valence-corrected chi connectivity index (χ2v) is 4.08. The van der Waals surface area contributed by atoms with Crippen LogP contribution in [0.15, 0.2) is 29.4 Å². The van der Waals surface area contributed by atoms with Crippen molar-refractivity contribution in [1.82, 2.24) is 5.43 Å². The van der Waals surface area contributed by atoms with Crippen LogP contribution in [0.3, 0.4) is 0 Å². The summed E-state index contributed by atoms with van der Waals surface area (Å²) in [6, 6.07) is 6.89. The Morgan fingerprint density at radius 3 is 2.35 bits per heavy atom. The van der Waals surface area contributed by atoms with Crippen LogP contribution in [-0.2, 0) is 0 Å². The molecule has 0 atom stereocenters. The van der Waals surface area contributed by atoms with Crippen molar-refractivity contribution in [3.8, 4) is 5.75 Å². The summed E-state index contributed by atoms with van der Waals surface area (Å²) in [7, 11) is 1.59. The Hall–Kier alpha value is -1.84. The molecule has 1 amide bonds. The van der Waals surface area contributed by atoms with Gasteiger partial charge in [0, 0.05) is 11.3 Å². The van der Waals surface area contributed by atoms with Gasteiger partial charge in [0.15, 0.2) is 0 Å². The third-order valence-corrected chi connectivity index (χ3v) is 2.52. The number of rotatable bonds is 4. The average molecular weight is 234 g/mol. The van der Waals surface area contributed by atoms with Gasteiger partial charge in [-0.25, -0.2) is 5.43 Å². The number of nitrogens with zero attached hydrogens (tertiary/aromatic N) is 1. The quantitative estimate of drug-likeness (QED) is 0.642. The van der Waals surface area contributed by atoms with Gasteiger partial charge in [-0.15, -0.1) is 0 Å². The summed E-state index contributed by atoms with van der Waals surface area (Å²) in [5.74, 6) is 0.835. The lowest BCUT2D eigenvalue weighted by atomic mass is 10.1. The third-order valence-electron chi connectivity index (χ3n) is 2.52. The molecular weight excluding hydrogens is 216 g/mol. The molecule has 1 aromatic carbocycles. The van der Waals surface area contributed by atoms with Gasteiger partial charge in [-0.05, 0) is 37.1 Å². The average Bonchev–Trinajstić information content (AvgIpc) is 2.35. The van der Waals surface area contributed by atoms with Crippen LogP contribution in [0, 0.1) is 5.92 Å². The third kappa shape index (κ3) is 3.90. The number of hydrazone groups is 1. The number of carbonyl (C=O) groups is 1. The molecule has 0 spiro atoms. The lowest BCUT2D eigenvalue weighted by Crippen LogP contribution is -2.20. The molecule has 0 radical (unpaired) electrons. The first-order chi connectivity index (χ1) is 8.04. The SMILES string of the molecule is COc1ccc(C(=O)N/N=C(\C)C(C)C)cc1. The number of nitrogens with one attached hydrogen (secondary N) is 1. The Morgan fingerprint density at radius 1 is 1.29 bits per heavy atom. The molecule has 0 bridgehead atoms. The summed E-state index contributed by atoms with van der Waals surface area (Å²) < 4.78 is 5.02. The number of amides is 1. The van der Waals surface area contributed by atoms with Crippen molar-refractivity contribution in [1.29, 1.82) is 0 Å². The Labute approximate surface area is 102 Å². The smallest absolute Gasteiger partial charge is 0.271 e. The van der Waals surface area contributed by atoms with Crippen LogP contribution in [0.5, 0.6) is 5.75 Å². The minimum absolute atomic E-state index is 0.215. The number of benzene rings is 1. The van der Waals surface area contributed by atoms with Crippen molar-refractivity contribution in [2.24, 2.45) is 11.0 Å². The lowest BCUT2D eigenvalue weighted by Gasteiger charge is -2.05. The normalized spacial score (nSPS) is 11.5. The van der Waals surface area contributed by atoms with E-state index in [1.54, 1.807) is 31.4 Å². The number of ether oxygens (including phenoxy) is 1. The molecule has 0 unspecified atom stereocenters. The highest BCUT2D eigenvalue weighted by Gasteiger charge is 2.05. The monoisotopic (exact) mass is 234 g/mol. The van der Waals surface area contributed by atoms with E-state index in [1.165, 1.54) is 0 Å². The van der Waals surface area contributed by atoms with E-state index < -0.39 is 0 Å². The van der Waals surface area contributed by atoms with Crippen LogP contribution in [0.2, 0.25) is 0 Å². The van der Waals surface area contributed by atoms with E-state index in [0.717, 1.165) is 11.5 Å². The highest BCUT2D eigenvalue weighted by Crippen LogP contribution is 2.11. The van der Waals surface area contributed by atoms with Gasteiger partial charge < -0.3 is 4.74 Å². The number of hydrogen-bond acceptors (Lipinski definition) is 3. The summed E-state index contributed by atoms with van der Waals surface area (Å²) in [5.41, 5.74) is 3.98. The molecule has 0 saturated heterocycles. The minimum Gasteiger partial charge on any atom is -0.497 e. The lowest BCUT2D eigenvalue weighted by molar-refractivity contribution is 0.0954. The molecule has 0 aliphatic rings.